The summed E-state index contributed by atoms with van der Waals surface area (Å²) in [5.74, 6) is -1.00. The second kappa shape index (κ2) is 3.53. The molecule has 0 aromatic carbocycles. The second-order valence-corrected chi connectivity index (χ2v) is 3.00. The SMILES string of the molecule is O=C(O)Cc1cncc(O)c1Br. The van der Waals surface area contributed by atoms with E-state index in [0.717, 1.165) is 0 Å². The molecule has 0 radical (unpaired) electrons. The Kier molecular flexibility index (Phi) is 2.65. The summed E-state index contributed by atoms with van der Waals surface area (Å²) in [6.07, 6.45) is 2.50. The smallest absolute Gasteiger partial charge is 0.307 e. The van der Waals surface area contributed by atoms with Gasteiger partial charge >= 0.3 is 5.97 Å². The molecule has 2 N–H and O–H groups in total. The van der Waals surface area contributed by atoms with Crippen LogP contribution < -0.4 is 0 Å². The van der Waals surface area contributed by atoms with E-state index < -0.39 is 5.97 Å². The van der Waals surface area contributed by atoms with Crippen LogP contribution in [0, 0.1) is 0 Å². The predicted molar refractivity (Wildman–Crippen MR) is 44.9 cm³/mol. The molecule has 1 aromatic heterocycles. The summed E-state index contributed by atoms with van der Waals surface area (Å²) in [5.41, 5.74) is 0.461. The van der Waals surface area contributed by atoms with Gasteiger partial charge in [0.05, 0.1) is 17.1 Å². The Morgan fingerprint density at radius 3 is 2.83 bits per heavy atom. The lowest BCUT2D eigenvalue weighted by molar-refractivity contribution is -0.136. The molecule has 1 rings (SSSR count). The van der Waals surface area contributed by atoms with Crippen LogP contribution >= 0.6 is 15.9 Å². The number of pyridine rings is 1. The zero-order valence-electron chi connectivity index (χ0n) is 5.99. The number of rotatable bonds is 2. The van der Waals surface area contributed by atoms with Crippen LogP contribution in [0.25, 0.3) is 0 Å². The van der Waals surface area contributed by atoms with Crippen molar-refractivity contribution < 1.29 is 15.0 Å². The van der Waals surface area contributed by atoms with Gasteiger partial charge in [-0.2, -0.15) is 0 Å². The summed E-state index contributed by atoms with van der Waals surface area (Å²) in [6.45, 7) is 0. The lowest BCUT2D eigenvalue weighted by Crippen LogP contribution is -2.01. The van der Waals surface area contributed by atoms with Crippen LogP contribution in [0.5, 0.6) is 5.75 Å². The Labute approximate surface area is 77.0 Å². The average molecular weight is 232 g/mol. The van der Waals surface area contributed by atoms with Crippen LogP contribution in [0.15, 0.2) is 16.9 Å². The molecule has 0 saturated carbocycles. The minimum Gasteiger partial charge on any atom is -0.505 e. The molecule has 0 amide bonds. The van der Waals surface area contributed by atoms with Gasteiger partial charge < -0.3 is 10.2 Å². The molecule has 0 bridgehead atoms. The zero-order chi connectivity index (χ0) is 9.14. The minimum absolute atomic E-state index is 0.0475. The molecule has 1 aromatic rings. The highest BCUT2D eigenvalue weighted by Crippen LogP contribution is 2.25. The van der Waals surface area contributed by atoms with Crippen molar-refractivity contribution in [1.82, 2.24) is 4.98 Å². The number of aromatic hydroxyl groups is 1. The van der Waals surface area contributed by atoms with E-state index in [1.807, 2.05) is 0 Å². The fourth-order valence-corrected chi connectivity index (χ4v) is 1.11. The summed E-state index contributed by atoms with van der Waals surface area (Å²) in [4.78, 5) is 14.0. The van der Waals surface area contributed by atoms with Crippen molar-refractivity contribution in [2.24, 2.45) is 0 Å². The standard InChI is InChI=1S/C7H6BrNO3/c8-7-4(1-6(11)12)2-9-3-5(7)10/h2-3,10H,1H2,(H,11,12). The highest BCUT2D eigenvalue weighted by molar-refractivity contribution is 9.10. The van der Waals surface area contributed by atoms with Gasteiger partial charge in [0.1, 0.15) is 5.75 Å². The first kappa shape index (κ1) is 8.99. The zero-order valence-corrected chi connectivity index (χ0v) is 7.58. The average Bonchev–Trinajstić information content (AvgIpc) is 1.98. The van der Waals surface area contributed by atoms with Crippen molar-refractivity contribution >= 4 is 21.9 Å². The lowest BCUT2D eigenvalue weighted by atomic mass is 10.2. The third-order valence-corrected chi connectivity index (χ3v) is 2.19. The number of carboxylic acids is 1. The fraction of sp³-hybridized carbons (Fsp3) is 0.143. The molecule has 0 atom stereocenters. The predicted octanol–water partition coefficient (Wildman–Crippen LogP) is 1.18. The fourth-order valence-electron chi connectivity index (χ4n) is 0.762. The maximum absolute atomic E-state index is 10.3. The van der Waals surface area contributed by atoms with Crippen molar-refractivity contribution in [3.63, 3.8) is 0 Å². The molecule has 0 fully saturated rings. The number of carboxylic acid groups (broad SMARTS) is 1. The summed E-state index contributed by atoms with van der Waals surface area (Å²) in [6, 6.07) is 0. The maximum atomic E-state index is 10.3. The summed E-state index contributed by atoms with van der Waals surface area (Å²) in [5, 5.41) is 17.6. The maximum Gasteiger partial charge on any atom is 0.307 e. The van der Waals surface area contributed by atoms with Gasteiger partial charge in [0.25, 0.3) is 0 Å². The first-order valence-corrected chi connectivity index (χ1v) is 3.93. The summed E-state index contributed by atoms with van der Waals surface area (Å²) >= 11 is 3.06. The Morgan fingerprint density at radius 2 is 2.25 bits per heavy atom. The van der Waals surface area contributed by atoms with Gasteiger partial charge in [-0.1, -0.05) is 0 Å². The second-order valence-electron chi connectivity index (χ2n) is 2.20. The van der Waals surface area contributed by atoms with Crippen molar-refractivity contribution in [2.45, 2.75) is 6.42 Å². The van der Waals surface area contributed by atoms with Gasteiger partial charge in [0.2, 0.25) is 0 Å². The number of hydrogen-bond acceptors (Lipinski definition) is 3. The quantitative estimate of drug-likeness (QED) is 0.802. The van der Waals surface area contributed by atoms with Gasteiger partial charge in [0, 0.05) is 6.20 Å². The van der Waals surface area contributed by atoms with E-state index >= 15 is 0 Å². The molecule has 5 heteroatoms. The van der Waals surface area contributed by atoms with Crippen molar-refractivity contribution in [1.29, 1.82) is 0 Å². The Morgan fingerprint density at radius 1 is 1.58 bits per heavy atom. The number of aromatic nitrogens is 1. The molecule has 0 saturated heterocycles. The number of nitrogens with zero attached hydrogens (tertiary/aromatic N) is 1. The molecule has 0 aliphatic heterocycles. The molecular weight excluding hydrogens is 226 g/mol. The van der Waals surface area contributed by atoms with E-state index in [1.54, 1.807) is 0 Å². The van der Waals surface area contributed by atoms with Gasteiger partial charge in [0.15, 0.2) is 0 Å². The van der Waals surface area contributed by atoms with Gasteiger partial charge in [-0.15, -0.1) is 0 Å². The molecule has 0 aliphatic carbocycles. The molecular formula is C7H6BrNO3. The summed E-state index contributed by atoms with van der Waals surface area (Å²) < 4.78 is 0.389. The number of aliphatic carboxylic acids is 1. The number of hydrogen-bond donors (Lipinski definition) is 2. The largest absolute Gasteiger partial charge is 0.505 e. The third-order valence-electron chi connectivity index (χ3n) is 1.28. The van der Waals surface area contributed by atoms with Gasteiger partial charge in [-0.05, 0) is 21.5 Å². The molecule has 64 valence electrons. The van der Waals surface area contributed by atoms with Crippen LogP contribution in [0.2, 0.25) is 0 Å². The lowest BCUT2D eigenvalue weighted by Gasteiger charge is -2.01. The highest BCUT2D eigenvalue weighted by Gasteiger charge is 2.08. The van der Waals surface area contributed by atoms with E-state index in [2.05, 4.69) is 20.9 Å². The summed E-state index contributed by atoms with van der Waals surface area (Å²) in [7, 11) is 0. The minimum atomic E-state index is -0.955. The van der Waals surface area contributed by atoms with Crippen LogP contribution in [0.3, 0.4) is 0 Å². The molecule has 4 nitrogen and oxygen atoms in total. The van der Waals surface area contributed by atoms with Crippen molar-refractivity contribution in [3.05, 3.63) is 22.4 Å². The third kappa shape index (κ3) is 1.94. The van der Waals surface area contributed by atoms with E-state index in [0.29, 0.717) is 10.0 Å². The molecule has 0 aliphatic rings. The van der Waals surface area contributed by atoms with Crippen LogP contribution in [0.1, 0.15) is 5.56 Å². The van der Waals surface area contributed by atoms with Crippen LogP contribution in [-0.4, -0.2) is 21.2 Å². The highest BCUT2D eigenvalue weighted by atomic mass is 79.9. The van der Waals surface area contributed by atoms with Gasteiger partial charge in [-0.25, -0.2) is 0 Å². The van der Waals surface area contributed by atoms with Crippen molar-refractivity contribution in [3.8, 4) is 5.75 Å². The van der Waals surface area contributed by atoms with Crippen LogP contribution in [-0.2, 0) is 11.2 Å². The van der Waals surface area contributed by atoms with Crippen molar-refractivity contribution in [2.75, 3.05) is 0 Å². The molecule has 0 spiro atoms. The first-order chi connectivity index (χ1) is 5.61. The van der Waals surface area contributed by atoms with E-state index in [1.165, 1.54) is 12.4 Å². The number of carbonyl (C=O) groups is 1. The van der Waals surface area contributed by atoms with E-state index in [9.17, 15) is 4.79 Å². The topological polar surface area (TPSA) is 70.4 Å². The van der Waals surface area contributed by atoms with E-state index in [-0.39, 0.29) is 12.2 Å². The normalized spacial score (nSPS) is 9.75. The van der Waals surface area contributed by atoms with Gasteiger partial charge in [-0.3, -0.25) is 9.78 Å². The number of halogens is 1. The first-order valence-electron chi connectivity index (χ1n) is 3.14. The van der Waals surface area contributed by atoms with E-state index in [4.69, 9.17) is 10.2 Å². The Hall–Kier alpha value is -1.10. The van der Waals surface area contributed by atoms with Crippen LogP contribution in [0.4, 0.5) is 0 Å². The molecule has 0 unspecified atom stereocenters. The Balaban J connectivity index is 3.00. The molecule has 12 heavy (non-hydrogen) atoms. The molecule has 1 heterocycles. The Bertz CT molecular complexity index is 314. The monoisotopic (exact) mass is 231 g/mol.